The van der Waals surface area contributed by atoms with Crippen molar-refractivity contribution in [2.75, 3.05) is 28.4 Å². The number of pyridine rings is 2. The number of nitrogens with one attached hydrogen (secondary N) is 5. The van der Waals surface area contributed by atoms with Crippen molar-refractivity contribution in [2.24, 2.45) is 34.8 Å². The summed E-state index contributed by atoms with van der Waals surface area (Å²) < 4.78 is 5.51. The van der Waals surface area contributed by atoms with Gasteiger partial charge in [0, 0.05) is 34.5 Å². The van der Waals surface area contributed by atoms with Gasteiger partial charge in [-0.15, -0.1) is 47.3 Å². The lowest BCUT2D eigenvalue weighted by Crippen LogP contribution is -2.40. The fourth-order valence-electron chi connectivity index (χ4n) is 5.82. The van der Waals surface area contributed by atoms with E-state index in [0.29, 0.717) is 11.4 Å². The van der Waals surface area contributed by atoms with Gasteiger partial charge < -0.3 is 48.9 Å². The van der Waals surface area contributed by atoms with E-state index >= 15 is 0 Å². The minimum Gasteiger partial charge on any atom is -0.480 e. The number of nitrogens with two attached hydrogens (primary N) is 4. The average molecular weight is 1060 g/mol. The second-order valence-corrected chi connectivity index (χ2v) is 20.4. The molecule has 0 bridgehead atoms. The molecule has 20 nitrogen and oxygen atoms in total. The Labute approximate surface area is 385 Å². The summed E-state index contributed by atoms with van der Waals surface area (Å²) >= 11 is 9.31. The number of carbonyl (C=O) groups is 4. The molecule has 0 aliphatic rings. The topological polar surface area (TPSA) is 327 Å². The van der Waals surface area contributed by atoms with Gasteiger partial charge in [-0.3, -0.25) is 38.9 Å². The molecule has 330 valence electrons. The number of aromatic nitrogens is 6. The zero-order chi connectivity index (χ0) is 46.5. The molecule has 4 amide bonds. The second-order valence-electron chi connectivity index (χ2n) is 14.0. The Balaban J connectivity index is 0.000000255. The molecule has 2 aromatic carbocycles. The summed E-state index contributed by atoms with van der Waals surface area (Å²) in [5.74, 6) is -3.01. The van der Waals surface area contributed by atoms with Crippen LogP contribution in [0.5, 0.6) is 5.88 Å². The first-order chi connectivity index (χ1) is 29.8. The number of primary amides is 4. The SMILES string of the molecule is BrB(Br)Br.CC(C)[C@@H](Nc1nc(Nc2ccc3ncccc3c2)c(C(N)=O)c(=O)[nH]1)C(N)=O.COc1nc(N[C@@H](C(N)=O)C(C)C)nc(Nc2ccc3ncccc3c2)c1C(N)=O. The number of fused-ring (bicyclic) bond motifs is 2. The van der Waals surface area contributed by atoms with Crippen LogP contribution >= 0.6 is 47.3 Å². The summed E-state index contributed by atoms with van der Waals surface area (Å²) in [4.78, 5) is 83.4. The molecule has 0 saturated carbocycles. The molecule has 6 rings (SSSR count). The predicted molar refractivity (Wildman–Crippen MR) is 256 cm³/mol. The van der Waals surface area contributed by atoms with Gasteiger partial charge in [0.15, 0.2) is 11.6 Å². The highest BCUT2D eigenvalue weighted by atomic mass is 79.9. The molecule has 4 aromatic heterocycles. The van der Waals surface area contributed by atoms with Gasteiger partial charge in [0.2, 0.25) is 29.6 Å². The van der Waals surface area contributed by atoms with Crippen LogP contribution in [-0.4, -0.2) is 75.9 Å². The molecule has 2 atom stereocenters. The van der Waals surface area contributed by atoms with Gasteiger partial charge in [-0.25, -0.2) is 0 Å². The maximum Gasteiger partial charge on any atom is 0.369 e. The van der Waals surface area contributed by atoms with Crippen molar-refractivity contribution in [3.05, 3.63) is 94.5 Å². The monoisotopic (exact) mass is 1050 g/mol. The molecule has 0 aliphatic heterocycles. The number of H-pyrrole nitrogens is 1. The smallest absolute Gasteiger partial charge is 0.369 e. The molecule has 0 fully saturated rings. The van der Waals surface area contributed by atoms with Crippen LogP contribution in [0, 0.1) is 11.8 Å². The van der Waals surface area contributed by atoms with Crippen molar-refractivity contribution >= 4 is 131 Å². The number of halogens is 3. The van der Waals surface area contributed by atoms with E-state index in [9.17, 15) is 24.0 Å². The first-order valence-electron chi connectivity index (χ1n) is 18.8. The third-order valence-electron chi connectivity index (χ3n) is 8.74. The van der Waals surface area contributed by atoms with E-state index in [1.54, 1.807) is 56.6 Å². The zero-order valence-electron chi connectivity index (χ0n) is 34.4. The minimum absolute atomic E-state index is 0.0116. The average Bonchev–Trinajstić information content (AvgIpc) is 3.20. The number of aromatic amines is 1. The molecule has 4 heterocycles. The Morgan fingerprint density at radius 3 is 1.57 bits per heavy atom. The fourth-order valence-corrected chi connectivity index (χ4v) is 5.82. The molecule has 6 aromatic rings. The van der Waals surface area contributed by atoms with Crippen molar-refractivity contribution in [1.29, 1.82) is 0 Å². The first-order valence-corrected chi connectivity index (χ1v) is 21.5. The molecule has 0 unspecified atom stereocenters. The Bertz CT molecular complexity index is 2670. The van der Waals surface area contributed by atoms with Crippen LogP contribution in [0.4, 0.5) is 34.9 Å². The van der Waals surface area contributed by atoms with Crippen LogP contribution < -0.4 is 54.5 Å². The standard InChI is InChI=1S/C20H23N7O3.C19H21N7O3.BBr3/c1-10(2)15(17(22)29)25-20-26-18(14(16(21)28)19(27-20)30-3)24-12-6-7-13-11(9-12)5-4-8-23-13;1-9(2)14(16(21)28)24-19-25-17(13(15(20)27)18(29)26-19)23-11-5-6-12-10(8-11)4-3-7-22-12;2-1(3)4/h4-10,15H,1-3H3,(H2,21,28)(H2,22,29)(H2,24,25,26,27);3-9,14H,1-2H3,(H2,20,27)(H2,21,28)(H3,23,24,25,26,29);/t15-;14-;/m11./s1. The lowest BCUT2D eigenvalue weighted by Gasteiger charge is -2.20. The molecular formula is C39H44BBr3N14O6. The number of rotatable bonds is 15. The van der Waals surface area contributed by atoms with E-state index in [2.05, 4.69) is 98.4 Å². The van der Waals surface area contributed by atoms with Crippen molar-refractivity contribution in [2.45, 2.75) is 39.8 Å². The highest BCUT2D eigenvalue weighted by Gasteiger charge is 2.26. The number of nitrogens with zero attached hydrogens (tertiary/aromatic N) is 5. The summed E-state index contributed by atoms with van der Waals surface area (Å²) in [6, 6.07) is 16.7. The Hall–Kier alpha value is -6.40. The van der Waals surface area contributed by atoms with Crippen LogP contribution in [0.3, 0.4) is 0 Å². The zero-order valence-corrected chi connectivity index (χ0v) is 39.2. The number of hydrogen-bond donors (Lipinski definition) is 9. The molecular weight excluding hydrogens is 1010 g/mol. The summed E-state index contributed by atoms with van der Waals surface area (Å²) in [6.07, 6.45) is 3.39. The molecule has 0 radical (unpaired) electrons. The van der Waals surface area contributed by atoms with E-state index < -0.39 is 41.3 Å². The van der Waals surface area contributed by atoms with E-state index in [1.807, 2.05) is 44.2 Å². The van der Waals surface area contributed by atoms with Crippen LogP contribution in [0.25, 0.3) is 21.8 Å². The van der Waals surface area contributed by atoms with Crippen LogP contribution in [0.1, 0.15) is 48.4 Å². The van der Waals surface area contributed by atoms with Crippen LogP contribution in [0.2, 0.25) is 0 Å². The number of carbonyl (C=O) groups excluding carboxylic acids is 4. The number of hydrogen-bond acceptors (Lipinski definition) is 15. The Kier molecular flexibility index (Phi) is 17.7. The van der Waals surface area contributed by atoms with E-state index in [4.69, 9.17) is 27.7 Å². The normalized spacial score (nSPS) is 11.6. The van der Waals surface area contributed by atoms with Gasteiger partial charge in [0.05, 0.1) is 18.1 Å². The van der Waals surface area contributed by atoms with Gasteiger partial charge >= 0.3 is 3.18 Å². The second kappa shape index (κ2) is 22.6. The number of methoxy groups -OCH3 is 1. The number of anilines is 6. The Morgan fingerprint density at radius 2 is 1.14 bits per heavy atom. The number of amides is 4. The van der Waals surface area contributed by atoms with E-state index in [-0.39, 0.29) is 55.6 Å². The van der Waals surface area contributed by atoms with Crippen LogP contribution in [-0.2, 0) is 9.59 Å². The predicted octanol–water partition coefficient (Wildman–Crippen LogP) is 5.04. The lowest BCUT2D eigenvalue weighted by molar-refractivity contribution is -0.120. The fraction of sp³-hybridized carbons (Fsp3) is 0.231. The Morgan fingerprint density at radius 1 is 0.683 bits per heavy atom. The first kappa shape index (κ1) is 49.3. The highest BCUT2D eigenvalue weighted by Crippen LogP contribution is 2.29. The summed E-state index contributed by atoms with van der Waals surface area (Å²) in [5.41, 5.74) is 23.5. The minimum atomic E-state index is -0.939. The largest absolute Gasteiger partial charge is 0.480 e. The number of ether oxygens (including phenoxy) is 1. The third kappa shape index (κ3) is 13.8. The van der Waals surface area contributed by atoms with Gasteiger partial charge in [-0.2, -0.15) is 15.0 Å². The molecule has 24 heteroatoms. The molecule has 63 heavy (non-hydrogen) atoms. The molecule has 0 saturated heterocycles. The van der Waals surface area contributed by atoms with Crippen molar-refractivity contribution in [3.63, 3.8) is 0 Å². The maximum atomic E-state index is 12.4. The van der Waals surface area contributed by atoms with Crippen molar-refractivity contribution in [3.8, 4) is 5.88 Å². The highest BCUT2D eigenvalue weighted by molar-refractivity contribution is 9.69. The summed E-state index contributed by atoms with van der Waals surface area (Å²) in [5, 5.41) is 13.5. The number of benzene rings is 2. The van der Waals surface area contributed by atoms with Gasteiger partial charge in [0.25, 0.3) is 17.4 Å². The summed E-state index contributed by atoms with van der Waals surface area (Å²) in [7, 11) is 1.36. The molecule has 0 aliphatic carbocycles. The molecule has 13 N–H and O–H groups in total. The van der Waals surface area contributed by atoms with E-state index in [1.165, 1.54) is 7.11 Å². The molecule has 0 spiro atoms. The summed E-state index contributed by atoms with van der Waals surface area (Å²) in [6.45, 7) is 7.25. The van der Waals surface area contributed by atoms with Crippen molar-refractivity contribution < 1.29 is 23.9 Å². The maximum absolute atomic E-state index is 12.4. The van der Waals surface area contributed by atoms with Gasteiger partial charge in [-0.05, 0) is 60.4 Å². The third-order valence-corrected chi connectivity index (χ3v) is 8.74. The van der Waals surface area contributed by atoms with Gasteiger partial charge in [-0.1, -0.05) is 39.8 Å². The van der Waals surface area contributed by atoms with Crippen molar-refractivity contribution in [1.82, 2.24) is 29.9 Å². The quantitative estimate of drug-likeness (QED) is 0.0609. The lowest BCUT2D eigenvalue weighted by atomic mass is 10.0. The van der Waals surface area contributed by atoms with Crippen LogP contribution in [0.15, 0.2) is 77.9 Å². The van der Waals surface area contributed by atoms with Gasteiger partial charge in [0.1, 0.15) is 23.2 Å². The van der Waals surface area contributed by atoms with E-state index in [0.717, 1.165) is 21.8 Å².